The Bertz CT molecular complexity index is 629. The Morgan fingerprint density at radius 2 is 2.12 bits per heavy atom. The molecule has 1 saturated heterocycles. The molecule has 0 bridgehead atoms. The number of piperidine rings is 1. The molecule has 0 unspecified atom stereocenters. The van der Waals surface area contributed by atoms with Crippen LogP contribution in [0.3, 0.4) is 0 Å². The van der Waals surface area contributed by atoms with E-state index < -0.39 is 28.5 Å². The van der Waals surface area contributed by atoms with Gasteiger partial charge in [-0.2, -0.15) is 0 Å². The minimum atomic E-state index is -0.622. The van der Waals surface area contributed by atoms with E-state index in [1.165, 1.54) is 4.90 Å². The summed E-state index contributed by atoms with van der Waals surface area (Å²) in [7, 11) is 0. The van der Waals surface area contributed by atoms with Gasteiger partial charge < -0.3 is 14.4 Å². The van der Waals surface area contributed by atoms with Crippen LogP contribution in [0.4, 0.5) is 14.9 Å². The zero-order valence-corrected chi connectivity index (χ0v) is 14.0. The molecule has 0 radical (unpaired) electrons. The summed E-state index contributed by atoms with van der Waals surface area (Å²) in [4.78, 5) is 24.0. The Balaban J connectivity index is 2.07. The molecule has 8 heteroatoms. The molecule has 0 N–H and O–H groups in total. The SMILES string of the molecule is CC(C)(C)OC(=O)N1CCC[C@@H](Oc2cc(F)ccc2[N+](=O)[O-])C1. The van der Waals surface area contributed by atoms with Crippen molar-refractivity contribution in [3.63, 3.8) is 0 Å². The van der Waals surface area contributed by atoms with Crippen LogP contribution in [0.2, 0.25) is 0 Å². The lowest BCUT2D eigenvalue weighted by Crippen LogP contribution is -2.46. The molecule has 24 heavy (non-hydrogen) atoms. The van der Waals surface area contributed by atoms with Gasteiger partial charge in [-0.25, -0.2) is 9.18 Å². The summed E-state index contributed by atoms with van der Waals surface area (Å²) in [5, 5.41) is 11.0. The minimum Gasteiger partial charge on any atom is -0.482 e. The first-order valence-electron chi connectivity index (χ1n) is 7.74. The van der Waals surface area contributed by atoms with E-state index in [1.807, 2.05) is 0 Å². The fourth-order valence-corrected chi connectivity index (χ4v) is 2.44. The van der Waals surface area contributed by atoms with Gasteiger partial charge in [0.2, 0.25) is 0 Å². The molecule has 1 aromatic rings. The Morgan fingerprint density at radius 3 is 2.75 bits per heavy atom. The first-order chi connectivity index (χ1) is 11.2. The van der Waals surface area contributed by atoms with Crippen LogP contribution in [0, 0.1) is 15.9 Å². The number of halogens is 1. The van der Waals surface area contributed by atoms with Crippen molar-refractivity contribution < 1.29 is 23.6 Å². The van der Waals surface area contributed by atoms with E-state index >= 15 is 0 Å². The maximum Gasteiger partial charge on any atom is 0.410 e. The van der Waals surface area contributed by atoms with Gasteiger partial charge in [0.15, 0.2) is 5.75 Å². The van der Waals surface area contributed by atoms with Crippen molar-refractivity contribution in [1.82, 2.24) is 4.90 Å². The minimum absolute atomic E-state index is 0.129. The molecular formula is C16H21FN2O5. The average Bonchev–Trinajstić information content (AvgIpc) is 2.45. The van der Waals surface area contributed by atoms with E-state index in [1.54, 1.807) is 20.8 Å². The van der Waals surface area contributed by atoms with Gasteiger partial charge in [-0.05, 0) is 39.7 Å². The van der Waals surface area contributed by atoms with Gasteiger partial charge in [0.1, 0.15) is 17.5 Å². The third-order valence-electron chi connectivity index (χ3n) is 3.44. The van der Waals surface area contributed by atoms with E-state index in [0.29, 0.717) is 19.4 Å². The number of carbonyl (C=O) groups excluding carboxylic acids is 1. The maximum atomic E-state index is 13.4. The van der Waals surface area contributed by atoms with Crippen LogP contribution in [0.15, 0.2) is 18.2 Å². The molecule has 2 rings (SSSR count). The number of nitrogens with zero attached hydrogens (tertiary/aromatic N) is 2. The highest BCUT2D eigenvalue weighted by Gasteiger charge is 2.30. The number of carbonyl (C=O) groups is 1. The van der Waals surface area contributed by atoms with E-state index in [4.69, 9.17) is 9.47 Å². The lowest BCUT2D eigenvalue weighted by Gasteiger charge is -2.34. The number of likely N-dealkylation sites (tertiary alicyclic amines) is 1. The fraction of sp³-hybridized carbons (Fsp3) is 0.562. The van der Waals surface area contributed by atoms with Crippen LogP contribution in [0.1, 0.15) is 33.6 Å². The van der Waals surface area contributed by atoms with Gasteiger partial charge in [0.05, 0.1) is 11.5 Å². The number of nitro groups is 1. The second-order valence-electron chi connectivity index (χ2n) is 6.68. The highest BCUT2D eigenvalue weighted by atomic mass is 19.1. The van der Waals surface area contributed by atoms with Crippen molar-refractivity contribution in [3.05, 3.63) is 34.1 Å². The Morgan fingerprint density at radius 1 is 1.42 bits per heavy atom. The molecule has 1 aliphatic heterocycles. The van der Waals surface area contributed by atoms with Gasteiger partial charge in [-0.3, -0.25) is 10.1 Å². The molecule has 1 atom stereocenters. The molecule has 0 spiro atoms. The van der Waals surface area contributed by atoms with Crippen LogP contribution in [0.25, 0.3) is 0 Å². The molecule has 1 aromatic carbocycles. The standard InChI is InChI=1S/C16H21FN2O5/c1-16(2,3)24-15(20)18-8-4-5-12(10-18)23-14-9-11(17)6-7-13(14)19(21)22/h6-7,9,12H,4-5,8,10H2,1-3H3/t12-/m1/s1. The smallest absolute Gasteiger partial charge is 0.410 e. The molecular weight excluding hydrogens is 319 g/mol. The van der Waals surface area contributed by atoms with Crippen molar-refractivity contribution in [3.8, 4) is 5.75 Å². The fourth-order valence-electron chi connectivity index (χ4n) is 2.44. The molecule has 1 fully saturated rings. The molecule has 1 amide bonds. The number of hydrogen-bond donors (Lipinski definition) is 0. The zero-order chi connectivity index (χ0) is 17.9. The topological polar surface area (TPSA) is 81.9 Å². The number of rotatable bonds is 3. The lowest BCUT2D eigenvalue weighted by molar-refractivity contribution is -0.386. The van der Waals surface area contributed by atoms with Crippen molar-refractivity contribution in [2.24, 2.45) is 0 Å². The summed E-state index contributed by atoms with van der Waals surface area (Å²) in [6.45, 7) is 6.10. The first kappa shape index (κ1) is 18.0. The third kappa shape index (κ3) is 4.81. The number of benzene rings is 1. The summed E-state index contributed by atoms with van der Waals surface area (Å²) in [5.41, 5.74) is -0.905. The van der Waals surface area contributed by atoms with E-state index in [2.05, 4.69) is 0 Å². The normalized spacial score (nSPS) is 18.2. The van der Waals surface area contributed by atoms with Crippen LogP contribution >= 0.6 is 0 Å². The van der Waals surface area contributed by atoms with Gasteiger partial charge >= 0.3 is 11.8 Å². The van der Waals surface area contributed by atoms with Gasteiger partial charge in [-0.15, -0.1) is 0 Å². The van der Waals surface area contributed by atoms with Crippen LogP contribution < -0.4 is 4.74 Å². The highest BCUT2D eigenvalue weighted by Crippen LogP contribution is 2.30. The predicted molar refractivity (Wildman–Crippen MR) is 84.5 cm³/mol. The molecule has 0 saturated carbocycles. The summed E-state index contributed by atoms with van der Waals surface area (Å²) >= 11 is 0. The Kier molecular flexibility index (Phi) is 5.26. The summed E-state index contributed by atoms with van der Waals surface area (Å²) in [5.74, 6) is -0.744. The maximum absolute atomic E-state index is 13.4. The quantitative estimate of drug-likeness (QED) is 0.621. The van der Waals surface area contributed by atoms with Crippen molar-refractivity contribution in [1.29, 1.82) is 0 Å². The Labute approximate surface area is 139 Å². The second kappa shape index (κ2) is 7.02. The average molecular weight is 340 g/mol. The summed E-state index contributed by atoms with van der Waals surface area (Å²) in [6, 6.07) is 3.07. The lowest BCUT2D eigenvalue weighted by atomic mass is 10.1. The third-order valence-corrected chi connectivity index (χ3v) is 3.44. The number of nitro benzene ring substituents is 1. The predicted octanol–water partition coefficient (Wildman–Crippen LogP) is 3.51. The monoisotopic (exact) mass is 340 g/mol. The highest BCUT2D eigenvalue weighted by molar-refractivity contribution is 5.68. The van der Waals surface area contributed by atoms with Gasteiger partial charge in [0.25, 0.3) is 0 Å². The van der Waals surface area contributed by atoms with E-state index in [0.717, 1.165) is 18.2 Å². The van der Waals surface area contributed by atoms with Crippen molar-refractivity contribution in [2.45, 2.75) is 45.3 Å². The summed E-state index contributed by atoms with van der Waals surface area (Å²) < 4.78 is 24.3. The van der Waals surface area contributed by atoms with Crippen molar-refractivity contribution in [2.75, 3.05) is 13.1 Å². The molecule has 1 heterocycles. The molecule has 132 valence electrons. The van der Waals surface area contributed by atoms with E-state index in [9.17, 15) is 19.3 Å². The number of hydrogen-bond acceptors (Lipinski definition) is 5. The molecule has 1 aliphatic rings. The molecule has 0 aliphatic carbocycles. The van der Waals surface area contributed by atoms with Gasteiger partial charge in [0, 0.05) is 18.7 Å². The van der Waals surface area contributed by atoms with Crippen molar-refractivity contribution >= 4 is 11.8 Å². The number of ether oxygens (including phenoxy) is 2. The molecule has 7 nitrogen and oxygen atoms in total. The largest absolute Gasteiger partial charge is 0.482 e. The van der Waals surface area contributed by atoms with Crippen LogP contribution in [0.5, 0.6) is 5.75 Å². The van der Waals surface area contributed by atoms with Crippen LogP contribution in [-0.2, 0) is 4.74 Å². The van der Waals surface area contributed by atoms with E-state index in [-0.39, 0.29) is 18.0 Å². The second-order valence-corrected chi connectivity index (χ2v) is 6.68. The molecule has 0 aromatic heterocycles. The van der Waals surface area contributed by atoms with Crippen LogP contribution in [-0.4, -0.2) is 40.7 Å². The number of amides is 1. The van der Waals surface area contributed by atoms with Gasteiger partial charge in [-0.1, -0.05) is 0 Å². The zero-order valence-electron chi connectivity index (χ0n) is 14.0. The summed E-state index contributed by atoms with van der Waals surface area (Å²) in [6.07, 6.45) is 0.385. The Hall–Kier alpha value is -2.38. The first-order valence-corrected chi connectivity index (χ1v) is 7.74.